The number of nitrogens with one attached hydrogen (secondary N) is 3. The van der Waals surface area contributed by atoms with Crippen LogP contribution in [0.3, 0.4) is 0 Å². The van der Waals surface area contributed by atoms with Crippen molar-refractivity contribution in [3.05, 3.63) is 65.7 Å². The number of hydrogen-bond acceptors (Lipinski definition) is 6. The molecule has 7 heteroatoms. The largest absolute Gasteiger partial charge is 0.384 e. The summed E-state index contributed by atoms with van der Waals surface area (Å²) in [6, 6.07) is 16.2. The van der Waals surface area contributed by atoms with Gasteiger partial charge in [0.15, 0.2) is 0 Å². The topological polar surface area (TPSA) is 109 Å². The van der Waals surface area contributed by atoms with Crippen LogP contribution in [0.1, 0.15) is 56.1 Å². The van der Waals surface area contributed by atoms with E-state index in [0.717, 1.165) is 60.6 Å². The molecule has 3 heterocycles. The summed E-state index contributed by atoms with van der Waals surface area (Å²) in [7, 11) is 0. The third-order valence-electron chi connectivity index (χ3n) is 9.24. The fourth-order valence-corrected chi connectivity index (χ4v) is 6.76. The van der Waals surface area contributed by atoms with E-state index in [9.17, 15) is 9.59 Å². The molecule has 7 nitrogen and oxygen atoms in total. The van der Waals surface area contributed by atoms with Gasteiger partial charge in [-0.3, -0.25) is 14.6 Å². The normalized spacial score (nSPS) is 26.4. The molecule has 0 aromatic heterocycles. The Labute approximate surface area is 237 Å². The number of aliphatic imine (C=N–C) groups is 1. The van der Waals surface area contributed by atoms with Crippen molar-refractivity contribution in [3.63, 3.8) is 0 Å². The average Bonchev–Trinajstić information content (AvgIpc) is 3.68. The van der Waals surface area contributed by atoms with Gasteiger partial charge < -0.3 is 21.7 Å². The average molecular weight is 540 g/mol. The van der Waals surface area contributed by atoms with Crippen molar-refractivity contribution in [3.8, 4) is 0 Å². The van der Waals surface area contributed by atoms with Crippen LogP contribution in [0.5, 0.6) is 0 Å². The summed E-state index contributed by atoms with van der Waals surface area (Å²) in [5.41, 5.74) is 11.7. The lowest BCUT2D eigenvalue weighted by Crippen LogP contribution is -2.39. The number of allylic oxidation sites excluding steroid dienone is 1. The number of anilines is 2. The maximum atomic E-state index is 13.8. The second-order valence-corrected chi connectivity index (χ2v) is 12.0. The molecule has 1 saturated carbocycles. The Kier molecular flexibility index (Phi) is 7.85. The summed E-state index contributed by atoms with van der Waals surface area (Å²) < 4.78 is 0. The number of benzene rings is 2. The van der Waals surface area contributed by atoms with Gasteiger partial charge in [0.25, 0.3) is 5.91 Å². The minimum Gasteiger partial charge on any atom is -0.384 e. The highest BCUT2D eigenvalue weighted by atomic mass is 16.2. The maximum absolute atomic E-state index is 13.8. The Hall–Kier alpha value is -3.29. The van der Waals surface area contributed by atoms with Crippen molar-refractivity contribution >= 4 is 34.3 Å². The molecule has 5 N–H and O–H groups in total. The van der Waals surface area contributed by atoms with Crippen LogP contribution in [0.15, 0.2) is 59.6 Å². The Bertz CT molecular complexity index is 1310. The van der Waals surface area contributed by atoms with E-state index in [0.29, 0.717) is 30.4 Å². The number of amides is 1. The van der Waals surface area contributed by atoms with Gasteiger partial charge in [-0.2, -0.15) is 0 Å². The van der Waals surface area contributed by atoms with E-state index in [2.05, 4.69) is 35.0 Å². The molecule has 4 aliphatic rings. The first-order chi connectivity index (χ1) is 19.5. The van der Waals surface area contributed by atoms with Gasteiger partial charge in [0.05, 0.1) is 11.6 Å². The van der Waals surface area contributed by atoms with Gasteiger partial charge in [0.1, 0.15) is 5.78 Å². The van der Waals surface area contributed by atoms with E-state index in [1.807, 2.05) is 42.5 Å². The molecule has 2 fully saturated rings. The zero-order valence-corrected chi connectivity index (χ0v) is 23.4. The van der Waals surface area contributed by atoms with E-state index in [1.54, 1.807) is 0 Å². The molecule has 4 atom stereocenters. The van der Waals surface area contributed by atoms with Crippen LogP contribution < -0.4 is 21.7 Å². The summed E-state index contributed by atoms with van der Waals surface area (Å²) in [5, 5.41) is 9.91. The molecule has 1 amide bonds. The van der Waals surface area contributed by atoms with Crippen molar-refractivity contribution in [1.82, 2.24) is 5.32 Å². The zero-order chi connectivity index (χ0) is 27.6. The Balaban J connectivity index is 1.26. The van der Waals surface area contributed by atoms with Crippen LogP contribution in [0, 0.1) is 23.7 Å². The zero-order valence-electron chi connectivity index (χ0n) is 23.4. The smallest absolute Gasteiger partial charge is 0.256 e. The van der Waals surface area contributed by atoms with Crippen LogP contribution in [0.4, 0.5) is 11.4 Å². The van der Waals surface area contributed by atoms with Crippen LogP contribution >= 0.6 is 0 Å². The first kappa shape index (κ1) is 26.9. The predicted octanol–water partition coefficient (Wildman–Crippen LogP) is 4.62. The molecule has 3 aliphatic heterocycles. The van der Waals surface area contributed by atoms with Gasteiger partial charge in [-0.15, -0.1) is 0 Å². The standard InChI is InChI=1S/C33H41N5O2/c1-20-31(32(39)22-11-13-35-14-12-22)28(15-21-7-8-21)30(37-20)17-27-26-16-23(9-10-29(26)38-33(27)40)24(18-34)19-36-25-5-3-2-4-6-25/h2-6,9-10,16-17,20-22,24,28,31,35-36H,7-8,11-15,18-19,34H2,1H3,(H,38,40)/b27-17-. The van der Waals surface area contributed by atoms with Crippen molar-refractivity contribution in [2.75, 3.05) is 36.8 Å². The third-order valence-corrected chi connectivity index (χ3v) is 9.24. The van der Waals surface area contributed by atoms with Gasteiger partial charge in [-0.25, -0.2) is 0 Å². The van der Waals surface area contributed by atoms with Crippen LogP contribution in [0.2, 0.25) is 0 Å². The molecule has 0 radical (unpaired) electrons. The molecule has 1 saturated heterocycles. The predicted molar refractivity (Wildman–Crippen MR) is 162 cm³/mol. The lowest BCUT2D eigenvalue weighted by molar-refractivity contribution is -0.128. The molecular formula is C33H41N5O2. The lowest BCUT2D eigenvalue weighted by atomic mass is 9.75. The van der Waals surface area contributed by atoms with Gasteiger partial charge in [-0.05, 0) is 81.1 Å². The molecular weight excluding hydrogens is 498 g/mol. The van der Waals surface area contributed by atoms with Gasteiger partial charge in [-0.1, -0.05) is 37.1 Å². The number of hydrogen-bond donors (Lipinski definition) is 4. The van der Waals surface area contributed by atoms with E-state index >= 15 is 0 Å². The molecule has 6 rings (SSSR count). The van der Waals surface area contributed by atoms with Gasteiger partial charge >= 0.3 is 0 Å². The van der Waals surface area contributed by atoms with Crippen LogP contribution in [-0.4, -0.2) is 49.6 Å². The maximum Gasteiger partial charge on any atom is 0.256 e. The second kappa shape index (κ2) is 11.7. The number of nitrogens with zero attached hydrogens (tertiary/aromatic N) is 1. The third kappa shape index (κ3) is 5.63. The monoisotopic (exact) mass is 539 g/mol. The molecule has 0 spiro atoms. The summed E-state index contributed by atoms with van der Waals surface area (Å²) in [6.45, 7) is 5.10. The quantitative estimate of drug-likeness (QED) is 0.330. The van der Waals surface area contributed by atoms with E-state index in [4.69, 9.17) is 10.7 Å². The number of nitrogens with two attached hydrogens (primary N) is 1. The van der Waals surface area contributed by atoms with E-state index in [1.165, 1.54) is 12.8 Å². The number of carbonyl (C=O) groups is 2. The Morgan fingerprint density at radius 1 is 1.12 bits per heavy atom. The second-order valence-electron chi connectivity index (χ2n) is 12.0. The molecule has 210 valence electrons. The molecule has 40 heavy (non-hydrogen) atoms. The number of ketones is 1. The molecule has 4 unspecified atom stereocenters. The Morgan fingerprint density at radius 2 is 1.90 bits per heavy atom. The van der Waals surface area contributed by atoms with Crippen molar-refractivity contribution < 1.29 is 9.59 Å². The highest BCUT2D eigenvalue weighted by molar-refractivity contribution is 6.34. The van der Waals surface area contributed by atoms with Gasteiger partial charge in [0.2, 0.25) is 0 Å². The number of Topliss-reactive ketones (excluding diaryl/α,β-unsaturated/α-hetero) is 1. The summed E-state index contributed by atoms with van der Waals surface area (Å²) >= 11 is 0. The van der Waals surface area contributed by atoms with Gasteiger partial charge in [0, 0.05) is 59.4 Å². The molecule has 2 aromatic carbocycles. The fourth-order valence-electron chi connectivity index (χ4n) is 6.76. The minimum absolute atomic E-state index is 0.0565. The minimum atomic E-state index is -0.104. The number of piperidine rings is 1. The lowest BCUT2D eigenvalue weighted by Gasteiger charge is -2.29. The van der Waals surface area contributed by atoms with E-state index in [-0.39, 0.29) is 35.6 Å². The first-order valence-electron chi connectivity index (χ1n) is 15.0. The number of carbonyl (C=O) groups excluding carboxylic acids is 2. The molecule has 1 aliphatic carbocycles. The molecule has 2 aromatic rings. The number of rotatable bonds is 10. The van der Waals surface area contributed by atoms with E-state index < -0.39 is 0 Å². The SMILES string of the molecule is CC1N=C(/C=C2\C(=O)Nc3ccc(C(CN)CNc4ccccc4)cc32)C(CC2CC2)C1C(=O)C1CCNCC1. The summed E-state index contributed by atoms with van der Waals surface area (Å²) in [4.78, 5) is 32.0. The van der Waals surface area contributed by atoms with Crippen molar-refractivity contribution in [1.29, 1.82) is 0 Å². The van der Waals surface area contributed by atoms with Crippen LogP contribution in [-0.2, 0) is 9.59 Å². The fraction of sp³-hybridized carbons (Fsp3) is 0.485. The summed E-state index contributed by atoms with van der Waals surface area (Å²) in [5.74, 6) is 1.16. The number of fused-ring (bicyclic) bond motifs is 1. The van der Waals surface area contributed by atoms with Crippen molar-refractivity contribution in [2.45, 2.75) is 51.0 Å². The summed E-state index contributed by atoms with van der Waals surface area (Å²) in [6.07, 6.45) is 7.26. The first-order valence-corrected chi connectivity index (χ1v) is 15.0. The van der Waals surface area contributed by atoms with Crippen molar-refractivity contribution in [2.24, 2.45) is 34.4 Å². The highest BCUT2D eigenvalue weighted by Gasteiger charge is 2.45. The highest BCUT2D eigenvalue weighted by Crippen LogP contribution is 2.44. The Morgan fingerprint density at radius 3 is 2.62 bits per heavy atom. The number of para-hydroxylation sites is 1. The van der Waals surface area contributed by atoms with Crippen LogP contribution in [0.25, 0.3) is 5.57 Å². The molecule has 0 bridgehead atoms.